The molecule has 0 N–H and O–H groups in total. The standard InChI is InChI=1S/C4H3BrClN3OS/c1-9(3(6)10)4-7-2(5)8-11-4/h1H3. The van der Waals surface area contributed by atoms with Gasteiger partial charge in [-0.1, -0.05) is 0 Å². The van der Waals surface area contributed by atoms with Crippen molar-refractivity contribution in [1.29, 1.82) is 0 Å². The van der Waals surface area contributed by atoms with Crippen molar-refractivity contribution in [3.63, 3.8) is 0 Å². The van der Waals surface area contributed by atoms with Gasteiger partial charge in [-0.15, -0.1) is 0 Å². The van der Waals surface area contributed by atoms with Crippen LogP contribution < -0.4 is 4.90 Å². The molecule has 0 bridgehead atoms. The van der Waals surface area contributed by atoms with Crippen LogP contribution in [0.2, 0.25) is 0 Å². The van der Waals surface area contributed by atoms with E-state index in [4.69, 9.17) is 11.6 Å². The Morgan fingerprint density at radius 3 is 2.82 bits per heavy atom. The maximum atomic E-state index is 10.6. The third-order valence-corrected chi connectivity index (χ3v) is 2.58. The maximum Gasteiger partial charge on any atom is 0.322 e. The molecule has 0 radical (unpaired) electrons. The number of rotatable bonds is 1. The van der Waals surface area contributed by atoms with Gasteiger partial charge in [-0.25, -0.2) is 0 Å². The molecule has 0 saturated heterocycles. The summed E-state index contributed by atoms with van der Waals surface area (Å²) in [4.78, 5) is 15.7. The van der Waals surface area contributed by atoms with E-state index >= 15 is 0 Å². The molecular formula is C4H3BrClN3OS. The molecule has 0 aliphatic rings. The Morgan fingerprint density at radius 2 is 2.45 bits per heavy atom. The fraction of sp³-hybridized carbons (Fsp3) is 0.250. The number of aromatic nitrogens is 2. The fourth-order valence-electron chi connectivity index (χ4n) is 0.410. The normalized spacial score (nSPS) is 9.73. The number of nitrogens with zero attached hydrogens (tertiary/aromatic N) is 3. The number of carbonyl (C=O) groups is 1. The Bertz CT molecular complexity index is 278. The largest absolute Gasteiger partial charge is 0.322 e. The van der Waals surface area contributed by atoms with E-state index < -0.39 is 5.37 Å². The van der Waals surface area contributed by atoms with Gasteiger partial charge in [-0.2, -0.15) is 9.36 Å². The molecule has 0 atom stereocenters. The first-order chi connectivity index (χ1) is 5.11. The molecule has 1 amide bonds. The molecule has 4 nitrogen and oxygen atoms in total. The summed E-state index contributed by atoms with van der Waals surface area (Å²) in [5, 5.41) is -0.106. The van der Waals surface area contributed by atoms with E-state index in [0.717, 1.165) is 11.5 Å². The SMILES string of the molecule is CN(C(=O)Cl)c1nc(Br)ns1. The molecule has 0 aliphatic carbocycles. The molecule has 1 aromatic rings. The average Bonchev–Trinajstić information content (AvgIpc) is 2.34. The van der Waals surface area contributed by atoms with Crippen LogP contribution in [0, 0.1) is 0 Å². The van der Waals surface area contributed by atoms with Gasteiger partial charge in [0.05, 0.1) is 0 Å². The number of carbonyl (C=O) groups excluding carboxylic acids is 1. The van der Waals surface area contributed by atoms with Gasteiger partial charge in [-0.05, 0) is 27.5 Å². The minimum atomic E-state index is -0.575. The maximum absolute atomic E-state index is 10.6. The van der Waals surface area contributed by atoms with Crippen molar-refractivity contribution in [2.75, 3.05) is 11.9 Å². The highest BCUT2D eigenvalue weighted by Gasteiger charge is 2.11. The van der Waals surface area contributed by atoms with Crippen molar-refractivity contribution in [3.05, 3.63) is 4.73 Å². The van der Waals surface area contributed by atoms with Crippen LogP contribution in [0.25, 0.3) is 0 Å². The third-order valence-electron chi connectivity index (χ3n) is 0.941. The van der Waals surface area contributed by atoms with Gasteiger partial charge >= 0.3 is 5.37 Å². The van der Waals surface area contributed by atoms with Gasteiger partial charge in [0.25, 0.3) is 0 Å². The summed E-state index contributed by atoms with van der Waals surface area (Å²) in [7, 11) is 1.53. The van der Waals surface area contributed by atoms with Crippen molar-refractivity contribution in [3.8, 4) is 0 Å². The lowest BCUT2D eigenvalue weighted by atomic mass is 10.9. The minimum absolute atomic E-state index is 0.460. The van der Waals surface area contributed by atoms with Crippen LogP contribution >= 0.6 is 39.1 Å². The van der Waals surface area contributed by atoms with E-state index in [0.29, 0.717) is 9.87 Å². The Kier molecular flexibility index (Phi) is 2.80. The molecular weight excluding hydrogens is 253 g/mol. The van der Waals surface area contributed by atoms with Crippen LogP contribution in [0.4, 0.5) is 9.93 Å². The summed E-state index contributed by atoms with van der Waals surface area (Å²) in [5.41, 5.74) is 0. The molecule has 1 aromatic heterocycles. The van der Waals surface area contributed by atoms with Gasteiger partial charge in [0.2, 0.25) is 9.87 Å². The quantitative estimate of drug-likeness (QED) is 0.571. The molecule has 1 heterocycles. The summed E-state index contributed by atoms with van der Waals surface area (Å²) in [6, 6.07) is 0. The molecule has 0 fully saturated rings. The second kappa shape index (κ2) is 3.46. The van der Waals surface area contributed by atoms with E-state index in [-0.39, 0.29) is 0 Å². The van der Waals surface area contributed by atoms with Gasteiger partial charge < -0.3 is 0 Å². The molecule has 11 heavy (non-hydrogen) atoms. The second-order valence-corrected chi connectivity index (χ2v) is 3.42. The fourth-order valence-corrected chi connectivity index (χ4v) is 1.57. The van der Waals surface area contributed by atoms with E-state index in [1.165, 1.54) is 11.9 Å². The monoisotopic (exact) mass is 255 g/mol. The summed E-state index contributed by atoms with van der Waals surface area (Å²) >= 11 is 9.34. The van der Waals surface area contributed by atoms with E-state index in [2.05, 4.69) is 25.3 Å². The van der Waals surface area contributed by atoms with Crippen molar-refractivity contribution < 1.29 is 4.79 Å². The molecule has 0 spiro atoms. The summed E-state index contributed by atoms with van der Waals surface area (Å²) in [5.74, 6) is 0. The topological polar surface area (TPSA) is 46.1 Å². The van der Waals surface area contributed by atoms with Crippen LogP contribution in [0.1, 0.15) is 0 Å². The van der Waals surface area contributed by atoms with Crippen LogP contribution in [-0.2, 0) is 0 Å². The summed E-state index contributed by atoms with van der Waals surface area (Å²) < 4.78 is 4.28. The van der Waals surface area contributed by atoms with E-state index in [1.807, 2.05) is 0 Å². The van der Waals surface area contributed by atoms with Gasteiger partial charge in [-0.3, -0.25) is 9.69 Å². The van der Waals surface area contributed by atoms with Crippen LogP contribution in [0.3, 0.4) is 0 Å². The molecule has 0 aliphatic heterocycles. The average molecular weight is 257 g/mol. The predicted octanol–water partition coefficient (Wildman–Crippen LogP) is 2.10. The van der Waals surface area contributed by atoms with Crippen molar-refractivity contribution in [2.45, 2.75) is 0 Å². The zero-order valence-electron chi connectivity index (χ0n) is 5.41. The molecule has 0 aromatic carbocycles. The first-order valence-electron chi connectivity index (χ1n) is 2.53. The zero-order valence-corrected chi connectivity index (χ0v) is 8.57. The summed E-state index contributed by atoms with van der Waals surface area (Å²) in [6.07, 6.45) is 0. The smallest absolute Gasteiger partial charge is 0.276 e. The van der Waals surface area contributed by atoms with Gasteiger partial charge in [0.1, 0.15) is 0 Å². The second-order valence-electron chi connectivity index (χ2n) is 1.66. The number of anilines is 1. The Morgan fingerprint density at radius 1 is 1.82 bits per heavy atom. The highest BCUT2D eigenvalue weighted by Crippen LogP contribution is 2.19. The number of amides is 1. The van der Waals surface area contributed by atoms with Gasteiger partial charge in [0.15, 0.2) is 0 Å². The summed E-state index contributed by atoms with van der Waals surface area (Å²) in [6.45, 7) is 0. The number of hydrogen-bond donors (Lipinski definition) is 0. The zero-order chi connectivity index (χ0) is 8.43. The molecule has 1 rings (SSSR count). The van der Waals surface area contributed by atoms with Crippen LogP contribution in [0.5, 0.6) is 0 Å². The predicted molar refractivity (Wildman–Crippen MR) is 47.3 cm³/mol. The van der Waals surface area contributed by atoms with E-state index in [9.17, 15) is 4.79 Å². The lowest BCUT2D eigenvalue weighted by Crippen LogP contribution is -2.18. The molecule has 60 valence electrons. The van der Waals surface area contributed by atoms with Crippen LogP contribution in [0.15, 0.2) is 4.73 Å². The lowest BCUT2D eigenvalue weighted by molar-refractivity contribution is 0.265. The highest BCUT2D eigenvalue weighted by molar-refractivity contribution is 9.10. The minimum Gasteiger partial charge on any atom is -0.276 e. The van der Waals surface area contributed by atoms with E-state index in [1.54, 1.807) is 0 Å². The van der Waals surface area contributed by atoms with Gasteiger partial charge in [0, 0.05) is 18.6 Å². The highest BCUT2D eigenvalue weighted by atomic mass is 79.9. The molecule has 7 heteroatoms. The first kappa shape index (κ1) is 8.89. The number of hydrogen-bond acceptors (Lipinski definition) is 4. The lowest BCUT2D eigenvalue weighted by Gasteiger charge is -2.05. The first-order valence-corrected chi connectivity index (χ1v) is 4.48. The molecule has 0 unspecified atom stereocenters. The Hall–Kier alpha value is -0.200. The Balaban J connectivity index is 2.84. The van der Waals surface area contributed by atoms with Crippen molar-refractivity contribution in [1.82, 2.24) is 9.36 Å². The van der Waals surface area contributed by atoms with Crippen molar-refractivity contribution in [2.24, 2.45) is 0 Å². The van der Waals surface area contributed by atoms with Crippen LogP contribution in [-0.4, -0.2) is 21.8 Å². The Labute approximate surface area is 80.5 Å². The molecule has 0 saturated carbocycles. The third kappa shape index (κ3) is 2.11. The number of halogens is 2. The van der Waals surface area contributed by atoms with Crippen molar-refractivity contribution >= 4 is 49.6 Å².